The Kier molecular flexibility index (Phi) is 4.44. The third-order valence-corrected chi connectivity index (χ3v) is 3.61. The smallest absolute Gasteiger partial charge is 0.295 e. The minimum Gasteiger partial charge on any atom is -0.295 e. The Bertz CT molecular complexity index is 584. The van der Waals surface area contributed by atoms with Crippen LogP contribution in [0.25, 0.3) is 0 Å². The number of nitrogens with zero attached hydrogens (tertiary/aromatic N) is 1. The molecule has 1 N–H and O–H groups in total. The molecule has 0 saturated carbocycles. The van der Waals surface area contributed by atoms with Crippen LogP contribution in [-0.4, -0.2) is 24.2 Å². The first-order valence-corrected chi connectivity index (χ1v) is 7.00. The van der Waals surface area contributed by atoms with Crippen LogP contribution in [0.15, 0.2) is 24.3 Å². The zero-order valence-electron chi connectivity index (χ0n) is 12.3. The molecule has 22 heavy (non-hydrogen) atoms. The summed E-state index contributed by atoms with van der Waals surface area (Å²) in [6.07, 6.45) is -4.97. The Hall–Kier alpha value is -2.05. The predicted octanol–water partition coefficient (Wildman–Crippen LogP) is 2.94. The number of hydrogen-bond acceptors (Lipinski definition) is 3. The minimum absolute atomic E-state index is 0.0665. The Morgan fingerprint density at radius 3 is 2.50 bits per heavy atom. The van der Waals surface area contributed by atoms with Crippen molar-refractivity contribution in [3.8, 4) is 0 Å². The number of carbonyl (C=O) groups is 2. The summed E-state index contributed by atoms with van der Waals surface area (Å²) < 4.78 is 40.4. The molecule has 1 aliphatic heterocycles. The quantitative estimate of drug-likeness (QED) is 0.689. The van der Waals surface area contributed by atoms with E-state index in [1.54, 1.807) is 6.07 Å². The van der Waals surface area contributed by atoms with Gasteiger partial charge in [-0.2, -0.15) is 13.2 Å². The first-order chi connectivity index (χ1) is 10.2. The van der Waals surface area contributed by atoms with Gasteiger partial charge in [-0.3, -0.25) is 19.8 Å². The van der Waals surface area contributed by atoms with Crippen molar-refractivity contribution in [2.24, 2.45) is 0 Å². The van der Waals surface area contributed by atoms with E-state index in [1.165, 1.54) is 18.2 Å². The lowest BCUT2D eigenvalue weighted by Crippen LogP contribution is -2.57. The number of anilines is 1. The van der Waals surface area contributed by atoms with E-state index in [4.69, 9.17) is 0 Å². The van der Waals surface area contributed by atoms with E-state index in [2.05, 4.69) is 0 Å². The minimum atomic E-state index is -4.71. The summed E-state index contributed by atoms with van der Waals surface area (Å²) in [5.74, 6) is -1.39. The van der Waals surface area contributed by atoms with Gasteiger partial charge >= 0.3 is 6.30 Å². The van der Waals surface area contributed by atoms with Crippen LogP contribution in [0.3, 0.4) is 0 Å². The molecule has 0 spiro atoms. The van der Waals surface area contributed by atoms with E-state index < -0.39 is 24.2 Å². The summed E-state index contributed by atoms with van der Waals surface area (Å²) in [5, 5.41) is 1.97. The molecule has 7 heteroatoms. The first-order valence-electron chi connectivity index (χ1n) is 7.00. The molecule has 1 aliphatic rings. The molecule has 1 unspecified atom stereocenters. The van der Waals surface area contributed by atoms with Crippen molar-refractivity contribution < 1.29 is 22.8 Å². The Labute approximate surface area is 126 Å². The van der Waals surface area contributed by atoms with Crippen molar-refractivity contribution in [3.05, 3.63) is 29.8 Å². The monoisotopic (exact) mass is 314 g/mol. The molecular formula is C15H17F3N2O2. The Morgan fingerprint density at radius 1 is 1.27 bits per heavy atom. The zero-order valence-corrected chi connectivity index (χ0v) is 12.3. The number of hydrogen-bond donors (Lipinski definition) is 1. The molecule has 1 aromatic rings. The fraction of sp³-hybridized carbons (Fsp3) is 0.467. The molecule has 0 aliphatic carbocycles. The molecule has 1 heterocycles. The fourth-order valence-corrected chi connectivity index (χ4v) is 2.47. The van der Waals surface area contributed by atoms with Gasteiger partial charge < -0.3 is 0 Å². The van der Waals surface area contributed by atoms with Gasteiger partial charge in [-0.25, -0.2) is 0 Å². The van der Waals surface area contributed by atoms with Gasteiger partial charge in [-0.05, 0) is 30.0 Å². The van der Waals surface area contributed by atoms with E-state index in [1.807, 2.05) is 19.2 Å². The SMILES string of the molecule is CC(C)c1cccc(N(C2CCC(=O)NC2=O)C(F)(F)F)c1. The summed E-state index contributed by atoms with van der Waals surface area (Å²) >= 11 is 0. The maximum atomic E-state index is 13.5. The average Bonchev–Trinajstić information content (AvgIpc) is 2.40. The molecule has 1 aromatic carbocycles. The van der Waals surface area contributed by atoms with Crippen molar-refractivity contribution in [2.45, 2.75) is 44.9 Å². The first kappa shape index (κ1) is 16.3. The van der Waals surface area contributed by atoms with Crippen molar-refractivity contribution >= 4 is 17.5 Å². The molecule has 2 rings (SSSR count). The number of nitrogens with one attached hydrogen (secondary N) is 1. The molecule has 1 fully saturated rings. The zero-order chi connectivity index (χ0) is 16.5. The maximum Gasteiger partial charge on any atom is 0.485 e. The van der Waals surface area contributed by atoms with E-state index in [0.29, 0.717) is 0 Å². The highest BCUT2D eigenvalue weighted by Gasteiger charge is 2.46. The van der Waals surface area contributed by atoms with Gasteiger partial charge in [0, 0.05) is 12.1 Å². The third-order valence-electron chi connectivity index (χ3n) is 3.61. The Morgan fingerprint density at radius 2 is 1.95 bits per heavy atom. The maximum absolute atomic E-state index is 13.5. The topological polar surface area (TPSA) is 49.4 Å². The highest BCUT2D eigenvalue weighted by atomic mass is 19.4. The number of piperidine rings is 1. The van der Waals surface area contributed by atoms with Crippen LogP contribution in [-0.2, 0) is 9.59 Å². The van der Waals surface area contributed by atoms with Gasteiger partial charge in [-0.15, -0.1) is 0 Å². The summed E-state index contributed by atoms with van der Waals surface area (Å²) in [5.41, 5.74) is 0.659. The highest BCUT2D eigenvalue weighted by molar-refractivity contribution is 6.01. The summed E-state index contributed by atoms with van der Waals surface area (Å²) in [7, 11) is 0. The molecule has 0 aromatic heterocycles. The van der Waals surface area contributed by atoms with E-state index in [0.717, 1.165) is 5.56 Å². The van der Waals surface area contributed by atoms with Crippen LogP contribution in [0.5, 0.6) is 0 Å². The van der Waals surface area contributed by atoms with E-state index in [9.17, 15) is 22.8 Å². The molecule has 2 amide bonds. The van der Waals surface area contributed by atoms with Gasteiger partial charge in [0.1, 0.15) is 6.04 Å². The van der Waals surface area contributed by atoms with Gasteiger partial charge in [0.05, 0.1) is 0 Å². The van der Waals surface area contributed by atoms with Crippen molar-refractivity contribution in [1.82, 2.24) is 5.32 Å². The lowest BCUT2D eigenvalue weighted by molar-refractivity contribution is -0.150. The van der Waals surface area contributed by atoms with Gasteiger partial charge in [0.15, 0.2) is 0 Å². The van der Waals surface area contributed by atoms with Crippen molar-refractivity contribution in [2.75, 3.05) is 4.90 Å². The van der Waals surface area contributed by atoms with Crippen molar-refractivity contribution in [3.63, 3.8) is 0 Å². The molecule has 0 bridgehead atoms. The Balaban J connectivity index is 2.41. The number of halogens is 3. The summed E-state index contributed by atoms with van der Waals surface area (Å²) in [6.45, 7) is 3.76. The number of imide groups is 1. The summed E-state index contributed by atoms with van der Waals surface area (Å²) in [4.78, 5) is 23.1. The van der Waals surface area contributed by atoms with Crippen LogP contribution < -0.4 is 10.2 Å². The van der Waals surface area contributed by atoms with Gasteiger partial charge in [0.25, 0.3) is 0 Å². The number of amides is 2. The molecule has 4 nitrogen and oxygen atoms in total. The molecule has 120 valence electrons. The third kappa shape index (κ3) is 3.40. The average molecular weight is 314 g/mol. The highest BCUT2D eigenvalue weighted by Crippen LogP contribution is 2.34. The van der Waals surface area contributed by atoms with Crippen molar-refractivity contribution in [1.29, 1.82) is 0 Å². The van der Waals surface area contributed by atoms with Gasteiger partial charge in [-0.1, -0.05) is 26.0 Å². The van der Waals surface area contributed by atoms with Crippen LogP contribution in [0.1, 0.15) is 38.2 Å². The van der Waals surface area contributed by atoms with Crippen LogP contribution in [0, 0.1) is 0 Å². The predicted molar refractivity (Wildman–Crippen MR) is 75.2 cm³/mol. The van der Waals surface area contributed by atoms with E-state index in [-0.39, 0.29) is 29.3 Å². The normalized spacial score (nSPS) is 19.3. The van der Waals surface area contributed by atoms with Crippen LogP contribution in [0.2, 0.25) is 0 Å². The molecule has 0 radical (unpaired) electrons. The van der Waals surface area contributed by atoms with Gasteiger partial charge in [0.2, 0.25) is 11.8 Å². The summed E-state index contributed by atoms with van der Waals surface area (Å²) in [6, 6.07) is 4.60. The van der Waals surface area contributed by atoms with Crippen LogP contribution in [0.4, 0.5) is 18.9 Å². The van der Waals surface area contributed by atoms with Crippen LogP contribution >= 0.6 is 0 Å². The molecule has 1 atom stereocenters. The fourth-order valence-electron chi connectivity index (χ4n) is 2.47. The number of carbonyl (C=O) groups excluding carboxylic acids is 2. The molecule has 1 saturated heterocycles. The number of alkyl halides is 3. The second-order valence-electron chi connectivity index (χ2n) is 5.55. The largest absolute Gasteiger partial charge is 0.485 e. The molecular weight excluding hydrogens is 297 g/mol. The standard InChI is InChI=1S/C15H17F3N2O2/c1-9(2)10-4-3-5-11(8-10)20(15(16,17)18)12-6-7-13(21)19-14(12)22/h3-5,8-9,12H,6-7H2,1-2H3,(H,19,21,22). The lowest BCUT2D eigenvalue weighted by atomic mass is 10.0. The second-order valence-corrected chi connectivity index (χ2v) is 5.55. The van der Waals surface area contributed by atoms with E-state index >= 15 is 0 Å². The number of benzene rings is 1. The second kappa shape index (κ2) is 5.98. The number of rotatable bonds is 3. The lowest BCUT2D eigenvalue weighted by Gasteiger charge is -2.35.